The molecule has 1 rings (SSSR count). The van der Waals surface area contributed by atoms with Gasteiger partial charge in [-0.05, 0) is 12.1 Å². The maximum atomic E-state index is 10.7. The van der Waals surface area contributed by atoms with Crippen LogP contribution >= 0.6 is 24.2 Å². The van der Waals surface area contributed by atoms with Crippen LogP contribution in [0.25, 0.3) is 0 Å². The number of halogens is 1. The first kappa shape index (κ1) is 11.2. The zero-order chi connectivity index (χ0) is 10.4. The molecule has 0 aliphatic carbocycles. The molecule has 1 nitrogen and oxygen atoms in total. The van der Waals surface area contributed by atoms with Crippen molar-refractivity contribution in [2.45, 2.75) is 6.42 Å². The lowest BCUT2D eigenvalue weighted by atomic mass is 10.1. The third kappa shape index (κ3) is 2.80. The van der Waals surface area contributed by atoms with Gasteiger partial charge in [-0.3, -0.25) is 4.79 Å². The van der Waals surface area contributed by atoms with Gasteiger partial charge in [0.05, 0.1) is 5.02 Å². The van der Waals surface area contributed by atoms with Crippen molar-refractivity contribution in [3.63, 3.8) is 0 Å². The van der Waals surface area contributed by atoms with Crippen molar-refractivity contribution in [2.75, 3.05) is 5.75 Å². The molecule has 0 aromatic heterocycles. The van der Waals surface area contributed by atoms with Gasteiger partial charge in [0.2, 0.25) is 0 Å². The van der Waals surface area contributed by atoms with E-state index in [9.17, 15) is 4.79 Å². The van der Waals surface area contributed by atoms with E-state index in [1.165, 1.54) is 0 Å². The van der Waals surface area contributed by atoms with Crippen molar-refractivity contribution in [3.8, 4) is 11.8 Å². The van der Waals surface area contributed by atoms with Crippen LogP contribution in [0.3, 0.4) is 0 Å². The van der Waals surface area contributed by atoms with Gasteiger partial charge in [-0.1, -0.05) is 29.5 Å². The Morgan fingerprint density at radius 2 is 2.29 bits per heavy atom. The summed E-state index contributed by atoms with van der Waals surface area (Å²) >= 11 is 9.87. The van der Waals surface area contributed by atoms with Crippen LogP contribution in [-0.2, 0) is 0 Å². The lowest BCUT2D eigenvalue weighted by Gasteiger charge is -1.97. The maximum absolute atomic E-state index is 10.7. The van der Waals surface area contributed by atoms with E-state index >= 15 is 0 Å². The van der Waals surface area contributed by atoms with Crippen LogP contribution in [0.1, 0.15) is 22.3 Å². The summed E-state index contributed by atoms with van der Waals surface area (Å²) in [6.45, 7) is 0. The first-order valence-corrected chi connectivity index (χ1v) is 5.14. The van der Waals surface area contributed by atoms with Gasteiger partial charge < -0.3 is 0 Å². The van der Waals surface area contributed by atoms with Gasteiger partial charge in [-0.15, -0.1) is 0 Å². The number of benzene rings is 1. The minimum atomic E-state index is 0.442. The summed E-state index contributed by atoms with van der Waals surface area (Å²) in [5.74, 6) is 6.51. The highest BCUT2D eigenvalue weighted by atomic mass is 35.5. The molecule has 0 amide bonds. The van der Waals surface area contributed by atoms with Gasteiger partial charge in [0, 0.05) is 23.3 Å². The topological polar surface area (TPSA) is 17.1 Å². The lowest BCUT2D eigenvalue weighted by Crippen LogP contribution is -1.88. The summed E-state index contributed by atoms with van der Waals surface area (Å²) < 4.78 is 0. The highest BCUT2D eigenvalue weighted by molar-refractivity contribution is 7.80. The van der Waals surface area contributed by atoms with E-state index in [2.05, 4.69) is 24.5 Å². The lowest BCUT2D eigenvalue weighted by molar-refractivity contribution is 0.112. The van der Waals surface area contributed by atoms with Crippen LogP contribution in [0.2, 0.25) is 5.02 Å². The smallest absolute Gasteiger partial charge is 0.152 e. The van der Waals surface area contributed by atoms with Crippen LogP contribution in [0, 0.1) is 11.8 Å². The molecule has 72 valence electrons. The summed E-state index contributed by atoms with van der Waals surface area (Å²) in [7, 11) is 0. The number of hydrogen-bond acceptors (Lipinski definition) is 2. The molecule has 0 saturated heterocycles. The van der Waals surface area contributed by atoms with Crippen LogP contribution < -0.4 is 0 Å². The van der Waals surface area contributed by atoms with E-state index in [-0.39, 0.29) is 0 Å². The Hall–Kier alpha value is -0.910. The molecule has 0 atom stereocenters. The molecule has 14 heavy (non-hydrogen) atoms. The molecule has 3 heteroatoms. The Labute approximate surface area is 93.9 Å². The summed E-state index contributed by atoms with van der Waals surface area (Å²) in [6.07, 6.45) is 1.43. The molecule has 1 aromatic carbocycles. The van der Waals surface area contributed by atoms with Crippen LogP contribution in [0.15, 0.2) is 18.2 Å². The molecule has 0 heterocycles. The number of carbonyl (C=O) groups excluding carboxylic acids is 1. The molecule has 0 aliphatic rings. The molecule has 0 saturated carbocycles. The predicted molar refractivity (Wildman–Crippen MR) is 62.2 cm³/mol. The van der Waals surface area contributed by atoms with Crippen molar-refractivity contribution in [1.82, 2.24) is 0 Å². The number of carbonyl (C=O) groups is 1. The third-order valence-electron chi connectivity index (χ3n) is 1.63. The van der Waals surface area contributed by atoms with Crippen molar-refractivity contribution in [3.05, 3.63) is 34.3 Å². The monoisotopic (exact) mass is 224 g/mol. The van der Waals surface area contributed by atoms with Crippen LogP contribution in [-0.4, -0.2) is 12.0 Å². The van der Waals surface area contributed by atoms with Crippen LogP contribution in [0.4, 0.5) is 0 Å². The van der Waals surface area contributed by atoms with E-state index in [4.69, 9.17) is 11.6 Å². The number of hydrogen-bond donors (Lipinski definition) is 1. The number of thiol groups is 1. The fraction of sp³-hybridized carbons (Fsp3) is 0.182. The van der Waals surface area contributed by atoms with E-state index in [1.54, 1.807) is 18.2 Å². The number of rotatable bonds is 2. The quantitative estimate of drug-likeness (QED) is 0.465. The fourth-order valence-corrected chi connectivity index (χ4v) is 1.31. The van der Waals surface area contributed by atoms with E-state index in [0.29, 0.717) is 28.3 Å². The maximum Gasteiger partial charge on any atom is 0.152 e. The fourth-order valence-electron chi connectivity index (χ4n) is 0.979. The normalized spacial score (nSPS) is 9.00. The van der Waals surface area contributed by atoms with Gasteiger partial charge in [0.1, 0.15) is 0 Å². The van der Waals surface area contributed by atoms with E-state index in [0.717, 1.165) is 6.29 Å². The Kier molecular flexibility index (Phi) is 4.58. The van der Waals surface area contributed by atoms with E-state index in [1.807, 2.05) is 0 Å². The molecule has 0 aliphatic heterocycles. The molecular weight excluding hydrogens is 216 g/mol. The molecule has 0 bridgehead atoms. The SMILES string of the molecule is O=Cc1c(Cl)cccc1C#CCCS. The second kappa shape index (κ2) is 5.74. The van der Waals surface area contributed by atoms with Gasteiger partial charge in [0.15, 0.2) is 6.29 Å². The van der Waals surface area contributed by atoms with Crippen LogP contribution in [0.5, 0.6) is 0 Å². The number of aldehydes is 1. The van der Waals surface area contributed by atoms with Crippen molar-refractivity contribution in [1.29, 1.82) is 0 Å². The van der Waals surface area contributed by atoms with Gasteiger partial charge in [-0.25, -0.2) is 0 Å². The molecular formula is C11H9ClOS. The summed E-state index contributed by atoms with van der Waals surface area (Å²) in [5, 5.41) is 0.442. The summed E-state index contributed by atoms with van der Waals surface area (Å²) in [4.78, 5) is 10.7. The highest BCUT2D eigenvalue weighted by Crippen LogP contribution is 2.17. The van der Waals surface area contributed by atoms with Gasteiger partial charge in [0.25, 0.3) is 0 Å². The van der Waals surface area contributed by atoms with Crippen molar-refractivity contribution < 1.29 is 4.79 Å². The largest absolute Gasteiger partial charge is 0.298 e. The van der Waals surface area contributed by atoms with Gasteiger partial charge in [-0.2, -0.15) is 12.6 Å². The summed E-state index contributed by atoms with van der Waals surface area (Å²) in [6, 6.07) is 5.23. The standard InChI is InChI=1S/C11H9ClOS/c12-11-6-3-5-9(10(11)8-13)4-1-2-7-14/h3,5-6,8,14H,2,7H2. The predicted octanol–water partition coefficient (Wildman–Crippen LogP) is 2.82. The molecule has 0 fully saturated rings. The van der Waals surface area contributed by atoms with Crippen molar-refractivity contribution in [2.24, 2.45) is 0 Å². The van der Waals surface area contributed by atoms with Gasteiger partial charge >= 0.3 is 0 Å². The second-order valence-electron chi connectivity index (χ2n) is 2.59. The highest BCUT2D eigenvalue weighted by Gasteiger charge is 2.02. The Morgan fingerprint density at radius 3 is 2.93 bits per heavy atom. The molecule has 1 aromatic rings. The molecule has 0 unspecified atom stereocenters. The third-order valence-corrected chi connectivity index (χ3v) is 2.18. The van der Waals surface area contributed by atoms with E-state index < -0.39 is 0 Å². The molecule has 0 N–H and O–H groups in total. The minimum Gasteiger partial charge on any atom is -0.298 e. The zero-order valence-electron chi connectivity index (χ0n) is 7.46. The Bertz CT molecular complexity index is 390. The average molecular weight is 225 g/mol. The van der Waals surface area contributed by atoms with Crippen molar-refractivity contribution >= 4 is 30.5 Å². The summed E-state index contributed by atoms with van der Waals surface area (Å²) in [5.41, 5.74) is 1.13. The Morgan fingerprint density at radius 1 is 1.50 bits per heavy atom. The minimum absolute atomic E-state index is 0.442. The first-order valence-electron chi connectivity index (χ1n) is 4.13. The zero-order valence-corrected chi connectivity index (χ0v) is 9.11. The second-order valence-corrected chi connectivity index (χ2v) is 3.45. The Balaban J connectivity index is 3.04. The molecule has 0 spiro atoms. The average Bonchev–Trinajstić information content (AvgIpc) is 2.18. The first-order chi connectivity index (χ1) is 6.79. The molecule has 0 radical (unpaired) electrons.